The number of thiazole rings is 1. The van der Waals surface area contributed by atoms with Gasteiger partial charge in [0.25, 0.3) is 11.8 Å². The number of nitrogens with zero attached hydrogens (tertiary/aromatic N) is 4. The van der Waals surface area contributed by atoms with Crippen molar-refractivity contribution < 1.29 is 63.8 Å². The molecule has 4 heterocycles. The van der Waals surface area contributed by atoms with Gasteiger partial charge in [-0.05, 0) is 12.8 Å². The monoisotopic (exact) mass is 518 g/mol. The van der Waals surface area contributed by atoms with Gasteiger partial charge in [0.15, 0.2) is 10.8 Å². The first-order valence-electron chi connectivity index (χ1n) is 9.86. The van der Waals surface area contributed by atoms with Crippen molar-refractivity contribution in [1.29, 1.82) is 0 Å². The number of amides is 3. The van der Waals surface area contributed by atoms with E-state index in [0.29, 0.717) is 13.1 Å². The Labute approximate surface area is 223 Å². The molecule has 2 saturated heterocycles. The zero-order valence-corrected chi connectivity index (χ0v) is 21.7. The number of oxime groups is 1. The van der Waals surface area contributed by atoms with Gasteiger partial charge in [-0.15, -0.1) is 23.1 Å². The fraction of sp³-hybridized carbons (Fsp3) is 0.444. The number of carbonyl (C=O) groups excluding carboxylic acids is 4. The molecule has 0 aromatic carbocycles. The van der Waals surface area contributed by atoms with Crippen molar-refractivity contribution in [2.24, 2.45) is 5.16 Å². The Morgan fingerprint density at radius 3 is 2.65 bits per heavy atom. The number of hydrogen-bond donors (Lipinski definition) is 3. The van der Waals surface area contributed by atoms with Crippen LogP contribution < -0.4 is 45.7 Å². The molecule has 16 heteroatoms. The van der Waals surface area contributed by atoms with E-state index in [9.17, 15) is 29.5 Å². The Morgan fingerprint density at radius 2 is 2.06 bits per heavy atom. The van der Waals surface area contributed by atoms with Gasteiger partial charge < -0.3 is 35.8 Å². The number of hydrogen-bond acceptors (Lipinski definition) is 12. The summed E-state index contributed by atoms with van der Waals surface area (Å²) in [5.41, 5.74) is 5.00. The van der Waals surface area contributed by atoms with Crippen LogP contribution in [-0.4, -0.2) is 86.4 Å². The third kappa shape index (κ3) is 5.02. The molecule has 0 bridgehead atoms. The largest absolute Gasteiger partial charge is 1.00 e. The number of nitrogens with one attached hydrogen (secondary N) is 1. The Balaban J connectivity index is 0.00000324. The smallest absolute Gasteiger partial charge is 0.543 e. The number of likely N-dealkylation sites (tertiary alicyclic amines) is 1. The summed E-state index contributed by atoms with van der Waals surface area (Å²) >= 11 is 2.24. The van der Waals surface area contributed by atoms with Gasteiger partial charge in [0.2, 0.25) is 0 Å². The molecular formula is C18H19N6NaO7S2. The van der Waals surface area contributed by atoms with Crippen molar-refractivity contribution in [3.63, 3.8) is 0 Å². The summed E-state index contributed by atoms with van der Waals surface area (Å²) in [4.78, 5) is 55.6. The predicted octanol–water partition coefficient (Wildman–Crippen LogP) is -4.46. The van der Waals surface area contributed by atoms with Crippen molar-refractivity contribution in [3.8, 4) is 0 Å². The van der Waals surface area contributed by atoms with Crippen molar-refractivity contribution in [2.75, 3.05) is 31.2 Å². The molecule has 34 heavy (non-hydrogen) atoms. The molecule has 3 amide bonds. The van der Waals surface area contributed by atoms with Crippen LogP contribution in [0.25, 0.3) is 0 Å². The molecule has 4 rings (SSSR count). The minimum atomic E-state index is -1.58. The molecule has 0 spiro atoms. The van der Waals surface area contributed by atoms with Crippen LogP contribution >= 0.6 is 23.1 Å². The summed E-state index contributed by atoms with van der Waals surface area (Å²) in [7, 11) is 0. The first-order chi connectivity index (χ1) is 15.8. The summed E-state index contributed by atoms with van der Waals surface area (Å²) < 4.78 is 5.23. The van der Waals surface area contributed by atoms with Crippen LogP contribution in [0.15, 0.2) is 21.8 Å². The number of ether oxygens (including phenoxy) is 1. The molecule has 176 valence electrons. The van der Waals surface area contributed by atoms with Gasteiger partial charge in [-0.3, -0.25) is 14.5 Å². The SMILES string of the molecule is Nc1nc(/C(=N/O)C(=O)NC2C(=O)N3C(C(=O)[O-])=C(COC(=O)N4CCCC4)CS[C@H]23)cs1.[Na+]. The summed E-state index contributed by atoms with van der Waals surface area (Å²) in [6.07, 6.45) is 1.23. The number of thioether (sulfide) groups is 1. The maximum Gasteiger partial charge on any atom is 1.00 e. The van der Waals surface area contributed by atoms with Gasteiger partial charge in [0.1, 0.15) is 23.7 Å². The number of carboxylic acids is 1. The van der Waals surface area contributed by atoms with Gasteiger partial charge in [-0.1, -0.05) is 5.16 Å². The van der Waals surface area contributed by atoms with E-state index in [2.05, 4.69) is 15.5 Å². The average Bonchev–Trinajstić information content (AvgIpc) is 3.47. The van der Waals surface area contributed by atoms with Crippen molar-refractivity contribution in [3.05, 3.63) is 22.3 Å². The van der Waals surface area contributed by atoms with Gasteiger partial charge in [-0.2, -0.15) is 0 Å². The van der Waals surface area contributed by atoms with Crippen molar-refractivity contribution in [1.82, 2.24) is 20.1 Å². The van der Waals surface area contributed by atoms with Crippen LogP contribution in [0.4, 0.5) is 9.93 Å². The van der Waals surface area contributed by atoms with E-state index >= 15 is 0 Å². The van der Waals surface area contributed by atoms with Crippen LogP contribution in [-0.2, 0) is 19.1 Å². The van der Waals surface area contributed by atoms with Crippen LogP contribution in [0.2, 0.25) is 0 Å². The molecule has 0 aliphatic carbocycles. The number of β-lactam (4-membered cyclic amide) rings is 1. The first kappa shape index (κ1) is 26.3. The number of rotatable bonds is 6. The summed E-state index contributed by atoms with van der Waals surface area (Å²) in [5, 5.41) is 27.2. The molecule has 1 unspecified atom stereocenters. The number of carbonyl (C=O) groups is 4. The number of aliphatic carboxylic acids is 1. The molecule has 1 aromatic heterocycles. The number of carboxylic acid groups (broad SMARTS) is 1. The molecule has 1 aromatic rings. The number of aromatic nitrogens is 1. The third-order valence-corrected chi connectivity index (χ3v) is 7.35. The summed E-state index contributed by atoms with van der Waals surface area (Å²) in [5.74, 6) is -2.98. The molecule has 0 radical (unpaired) electrons. The number of fused-ring (bicyclic) bond motifs is 1. The van der Waals surface area contributed by atoms with Crippen LogP contribution in [0.3, 0.4) is 0 Å². The normalized spacial score (nSPS) is 22.0. The van der Waals surface area contributed by atoms with Gasteiger partial charge >= 0.3 is 35.7 Å². The number of nitrogen functional groups attached to an aromatic ring is 1. The zero-order chi connectivity index (χ0) is 23.7. The summed E-state index contributed by atoms with van der Waals surface area (Å²) in [6.45, 7) is 0.882. The second kappa shape index (κ2) is 10.9. The fourth-order valence-electron chi connectivity index (χ4n) is 3.74. The molecule has 0 saturated carbocycles. The second-order valence-electron chi connectivity index (χ2n) is 7.37. The van der Waals surface area contributed by atoms with Gasteiger partial charge in [-0.25, -0.2) is 9.78 Å². The maximum absolute atomic E-state index is 12.7. The van der Waals surface area contributed by atoms with Crippen LogP contribution in [0.5, 0.6) is 0 Å². The molecule has 13 nitrogen and oxygen atoms in total. The van der Waals surface area contributed by atoms with E-state index in [1.165, 1.54) is 22.0 Å². The number of nitrogens with two attached hydrogens (primary N) is 1. The van der Waals surface area contributed by atoms with Crippen LogP contribution in [0, 0.1) is 0 Å². The fourth-order valence-corrected chi connectivity index (χ4v) is 5.62. The van der Waals surface area contributed by atoms with E-state index < -0.39 is 41.0 Å². The zero-order valence-electron chi connectivity index (χ0n) is 18.1. The predicted molar refractivity (Wildman–Crippen MR) is 114 cm³/mol. The summed E-state index contributed by atoms with van der Waals surface area (Å²) in [6, 6.07) is -1.06. The minimum Gasteiger partial charge on any atom is -0.543 e. The second-order valence-corrected chi connectivity index (χ2v) is 9.36. The third-order valence-electron chi connectivity index (χ3n) is 5.34. The first-order valence-corrected chi connectivity index (χ1v) is 11.8. The molecule has 3 aliphatic rings. The van der Waals surface area contributed by atoms with E-state index in [1.54, 1.807) is 0 Å². The van der Waals surface area contributed by atoms with E-state index in [4.69, 9.17) is 10.5 Å². The van der Waals surface area contributed by atoms with E-state index in [1.807, 2.05) is 0 Å². The Morgan fingerprint density at radius 1 is 1.35 bits per heavy atom. The van der Waals surface area contributed by atoms with Gasteiger partial charge in [0.05, 0.1) is 11.7 Å². The minimum absolute atomic E-state index is 0. The quantitative estimate of drug-likeness (QED) is 0.109. The van der Waals surface area contributed by atoms with E-state index in [0.717, 1.165) is 29.1 Å². The molecule has 2 atom stereocenters. The standard InChI is InChI=1S/C18H20N6O7S2.Na/c19-17-20-9(7-33-17)10(22-30)13(25)21-11-14(26)24-12(16(27)28)8(6-32-15(11)24)5-31-18(29)23-3-1-2-4-23;/h7,11,15,30H,1-6H2,(H2,19,20)(H,21,25)(H,27,28);/q;+1/p-1/b22-10-;/t11?,15-;/m1./s1. The Hall–Kier alpha value is -2.33. The van der Waals surface area contributed by atoms with Crippen molar-refractivity contribution >= 4 is 57.8 Å². The number of anilines is 1. The molecule has 3 aliphatic heterocycles. The van der Waals surface area contributed by atoms with Crippen molar-refractivity contribution in [2.45, 2.75) is 24.3 Å². The van der Waals surface area contributed by atoms with E-state index in [-0.39, 0.29) is 64.0 Å². The maximum atomic E-state index is 12.7. The Bertz CT molecular complexity index is 1070. The molecule has 4 N–H and O–H groups in total. The average molecular weight is 519 g/mol. The van der Waals surface area contributed by atoms with Crippen LogP contribution in [0.1, 0.15) is 18.5 Å². The Kier molecular flexibility index (Phi) is 8.46. The molecular weight excluding hydrogens is 499 g/mol. The van der Waals surface area contributed by atoms with Gasteiger partial charge in [0, 0.05) is 29.8 Å². The molecule has 2 fully saturated rings. The topological polar surface area (TPSA) is 191 Å².